The lowest BCUT2D eigenvalue weighted by Crippen LogP contribution is -2.09. The second-order valence-electron chi connectivity index (χ2n) is 5.39. The van der Waals surface area contributed by atoms with Crippen LogP contribution in [0.4, 0.5) is 5.82 Å². The molecular weight excluding hydrogens is 250 g/mol. The molecule has 1 heterocycles. The number of anilines is 1. The summed E-state index contributed by atoms with van der Waals surface area (Å²) in [5.74, 6) is 1.99. The molecule has 0 spiro atoms. The molecule has 0 unspecified atom stereocenters. The molecule has 0 bridgehead atoms. The van der Waals surface area contributed by atoms with Gasteiger partial charge in [0, 0.05) is 6.54 Å². The van der Waals surface area contributed by atoms with Gasteiger partial charge in [0.2, 0.25) is 5.88 Å². The zero-order valence-corrected chi connectivity index (χ0v) is 13.4. The van der Waals surface area contributed by atoms with Gasteiger partial charge in [-0.2, -0.15) is 0 Å². The monoisotopic (exact) mass is 279 g/mol. The number of ether oxygens (including phenoxy) is 1. The molecule has 20 heavy (non-hydrogen) atoms. The van der Waals surface area contributed by atoms with Crippen LogP contribution >= 0.6 is 0 Å². The third-order valence-electron chi connectivity index (χ3n) is 3.26. The average Bonchev–Trinajstić information content (AvgIpc) is 2.43. The van der Waals surface area contributed by atoms with Crippen LogP contribution in [0, 0.1) is 0 Å². The molecule has 0 atom stereocenters. The summed E-state index contributed by atoms with van der Waals surface area (Å²) in [6.07, 6.45) is 7.79. The lowest BCUT2D eigenvalue weighted by Gasteiger charge is -2.16. The highest BCUT2D eigenvalue weighted by Gasteiger charge is 2.15. The molecule has 0 fully saturated rings. The van der Waals surface area contributed by atoms with E-state index in [9.17, 15) is 0 Å². The molecule has 0 amide bonds. The van der Waals surface area contributed by atoms with Gasteiger partial charge in [-0.3, -0.25) is 0 Å². The number of hydrogen-bond donors (Lipinski definition) is 1. The first-order valence-corrected chi connectivity index (χ1v) is 7.92. The lowest BCUT2D eigenvalue weighted by atomic mass is 10.1. The number of nitrogens with one attached hydrogen (secondary N) is 1. The maximum absolute atomic E-state index is 5.87. The van der Waals surface area contributed by atoms with E-state index in [1.54, 1.807) is 6.33 Å². The fraction of sp³-hybridized carbons (Fsp3) is 0.750. The predicted octanol–water partition coefficient (Wildman–Crippen LogP) is 4.38. The Labute approximate surface area is 123 Å². The number of aromatic nitrogens is 2. The van der Waals surface area contributed by atoms with Gasteiger partial charge < -0.3 is 10.1 Å². The minimum atomic E-state index is 0.348. The molecule has 0 saturated carbocycles. The van der Waals surface area contributed by atoms with E-state index >= 15 is 0 Å². The van der Waals surface area contributed by atoms with Crippen LogP contribution in [-0.4, -0.2) is 23.1 Å². The van der Waals surface area contributed by atoms with Gasteiger partial charge in [-0.1, -0.05) is 46.5 Å². The normalized spacial score (nSPS) is 10.8. The van der Waals surface area contributed by atoms with Gasteiger partial charge in [0.15, 0.2) is 0 Å². The minimum Gasteiger partial charge on any atom is -0.477 e. The summed E-state index contributed by atoms with van der Waals surface area (Å²) in [4.78, 5) is 8.62. The average molecular weight is 279 g/mol. The first-order valence-electron chi connectivity index (χ1n) is 7.92. The number of unbranched alkanes of at least 4 members (excludes halogenated alkanes) is 4. The third kappa shape index (κ3) is 5.35. The van der Waals surface area contributed by atoms with Gasteiger partial charge in [0.05, 0.1) is 12.2 Å². The Kier molecular flexibility index (Phi) is 8.00. The maximum atomic E-state index is 5.87. The molecule has 114 valence electrons. The molecule has 0 saturated heterocycles. The summed E-state index contributed by atoms with van der Waals surface area (Å²) in [5.41, 5.74) is 1.09. The van der Waals surface area contributed by atoms with Crippen LogP contribution in [0.15, 0.2) is 6.33 Å². The van der Waals surface area contributed by atoms with E-state index in [4.69, 9.17) is 4.74 Å². The zero-order chi connectivity index (χ0) is 14.8. The molecular formula is C16H29N3O. The van der Waals surface area contributed by atoms with E-state index in [-0.39, 0.29) is 0 Å². The molecule has 0 radical (unpaired) electrons. The Bertz CT molecular complexity index is 380. The quantitative estimate of drug-likeness (QED) is 0.646. The maximum Gasteiger partial charge on any atom is 0.222 e. The van der Waals surface area contributed by atoms with Crippen LogP contribution in [0.2, 0.25) is 0 Å². The highest BCUT2D eigenvalue weighted by atomic mass is 16.5. The fourth-order valence-corrected chi connectivity index (χ4v) is 2.20. The summed E-state index contributed by atoms with van der Waals surface area (Å²) in [5, 5.41) is 3.29. The number of nitrogens with zero attached hydrogens (tertiary/aromatic N) is 2. The Morgan fingerprint density at radius 2 is 1.85 bits per heavy atom. The highest BCUT2D eigenvalue weighted by Crippen LogP contribution is 2.29. The zero-order valence-electron chi connectivity index (χ0n) is 13.4. The Morgan fingerprint density at radius 1 is 1.10 bits per heavy atom. The largest absolute Gasteiger partial charge is 0.477 e. The molecule has 1 rings (SSSR count). The van der Waals surface area contributed by atoms with Gasteiger partial charge >= 0.3 is 0 Å². The van der Waals surface area contributed by atoms with Gasteiger partial charge in [0.25, 0.3) is 0 Å². The third-order valence-corrected chi connectivity index (χ3v) is 3.26. The Hall–Kier alpha value is -1.32. The summed E-state index contributed by atoms with van der Waals surface area (Å²) in [6.45, 7) is 10.2. The molecule has 1 N–H and O–H groups in total. The number of hydrogen-bond acceptors (Lipinski definition) is 4. The van der Waals surface area contributed by atoms with Crippen molar-refractivity contribution >= 4 is 5.82 Å². The summed E-state index contributed by atoms with van der Waals surface area (Å²) < 4.78 is 5.87. The van der Waals surface area contributed by atoms with E-state index in [1.165, 1.54) is 25.7 Å². The summed E-state index contributed by atoms with van der Waals surface area (Å²) in [7, 11) is 0. The predicted molar refractivity (Wildman–Crippen MR) is 84.5 cm³/mol. The van der Waals surface area contributed by atoms with E-state index < -0.39 is 0 Å². The topological polar surface area (TPSA) is 47.0 Å². The van der Waals surface area contributed by atoms with Crippen molar-refractivity contribution in [3.8, 4) is 5.88 Å². The van der Waals surface area contributed by atoms with Crippen molar-refractivity contribution in [3.63, 3.8) is 0 Å². The second kappa shape index (κ2) is 9.56. The standard InChI is InChI=1S/C16H29N3O/c1-5-7-8-9-10-11-20-16-14(13(3)4)15(17-6-2)18-12-19-16/h12-13H,5-11H2,1-4H3,(H,17,18,19). The Morgan fingerprint density at radius 3 is 2.50 bits per heavy atom. The van der Waals surface area contributed by atoms with E-state index in [2.05, 4.69) is 43.0 Å². The lowest BCUT2D eigenvalue weighted by molar-refractivity contribution is 0.289. The molecule has 0 aliphatic heterocycles. The van der Waals surface area contributed by atoms with E-state index in [0.717, 1.165) is 36.8 Å². The van der Waals surface area contributed by atoms with Crippen LogP contribution in [-0.2, 0) is 0 Å². The molecule has 1 aromatic heterocycles. The van der Waals surface area contributed by atoms with Crippen molar-refractivity contribution in [1.29, 1.82) is 0 Å². The van der Waals surface area contributed by atoms with Crippen LogP contribution in [0.3, 0.4) is 0 Å². The first-order chi connectivity index (χ1) is 9.70. The molecule has 4 heteroatoms. The first kappa shape index (κ1) is 16.7. The molecule has 4 nitrogen and oxygen atoms in total. The van der Waals surface area contributed by atoms with E-state index in [1.807, 2.05) is 0 Å². The molecule has 0 aliphatic rings. The van der Waals surface area contributed by atoms with Crippen molar-refractivity contribution in [2.24, 2.45) is 0 Å². The smallest absolute Gasteiger partial charge is 0.222 e. The van der Waals surface area contributed by atoms with Crippen LogP contribution in [0.25, 0.3) is 0 Å². The summed E-state index contributed by atoms with van der Waals surface area (Å²) in [6, 6.07) is 0. The Balaban J connectivity index is 2.57. The SMILES string of the molecule is CCCCCCCOc1ncnc(NCC)c1C(C)C. The summed E-state index contributed by atoms with van der Waals surface area (Å²) >= 11 is 0. The van der Waals surface area contributed by atoms with Crippen molar-refractivity contribution in [2.45, 2.75) is 65.7 Å². The van der Waals surface area contributed by atoms with Crippen LogP contribution in [0.5, 0.6) is 5.88 Å². The molecule has 1 aromatic rings. The molecule has 0 aromatic carbocycles. The van der Waals surface area contributed by atoms with Gasteiger partial charge in [-0.25, -0.2) is 9.97 Å². The van der Waals surface area contributed by atoms with Crippen molar-refractivity contribution in [2.75, 3.05) is 18.5 Å². The number of rotatable bonds is 10. The molecule has 0 aliphatic carbocycles. The van der Waals surface area contributed by atoms with Crippen molar-refractivity contribution < 1.29 is 4.74 Å². The van der Waals surface area contributed by atoms with Crippen molar-refractivity contribution in [1.82, 2.24) is 9.97 Å². The van der Waals surface area contributed by atoms with Crippen molar-refractivity contribution in [3.05, 3.63) is 11.9 Å². The van der Waals surface area contributed by atoms with Crippen LogP contribution in [0.1, 0.15) is 71.3 Å². The van der Waals surface area contributed by atoms with Gasteiger partial charge in [-0.05, 0) is 19.3 Å². The van der Waals surface area contributed by atoms with Gasteiger partial charge in [-0.15, -0.1) is 0 Å². The minimum absolute atomic E-state index is 0.348. The fourth-order valence-electron chi connectivity index (χ4n) is 2.20. The van der Waals surface area contributed by atoms with Gasteiger partial charge in [0.1, 0.15) is 12.1 Å². The van der Waals surface area contributed by atoms with Crippen LogP contribution < -0.4 is 10.1 Å². The second-order valence-corrected chi connectivity index (χ2v) is 5.39. The highest BCUT2D eigenvalue weighted by molar-refractivity contribution is 5.50. The van der Waals surface area contributed by atoms with E-state index in [0.29, 0.717) is 5.92 Å².